The highest BCUT2D eigenvalue weighted by Gasteiger charge is 1.99. The Morgan fingerprint density at radius 2 is 2.17 bits per heavy atom. The Morgan fingerprint density at radius 3 is 2.67 bits per heavy atom. The zero-order valence-electron chi connectivity index (χ0n) is 7.17. The summed E-state index contributed by atoms with van der Waals surface area (Å²) in [5.74, 6) is 0.285. The second kappa shape index (κ2) is 3.90. The van der Waals surface area contributed by atoms with Crippen LogP contribution >= 0.6 is 0 Å². The minimum absolute atomic E-state index is 0.257. The van der Waals surface area contributed by atoms with Crippen molar-refractivity contribution >= 4 is 6.08 Å². The Kier molecular flexibility index (Phi) is 2.86. The van der Waals surface area contributed by atoms with Gasteiger partial charge in [-0.15, -0.1) is 0 Å². The maximum Gasteiger partial charge on any atom is 0.134 e. The molecular formula is C10H11FO. The molecule has 0 saturated carbocycles. The maximum absolute atomic E-state index is 13.1. The van der Waals surface area contributed by atoms with Crippen LogP contribution in [0, 0.1) is 5.82 Å². The van der Waals surface area contributed by atoms with Crippen molar-refractivity contribution in [3.63, 3.8) is 0 Å². The molecule has 1 rings (SSSR count). The molecule has 2 heteroatoms. The summed E-state index contributed by atoms with van der Waals surface area (Å²) in [6, 6.07) is 4.79. The second-order valence-corrected chi connectivity index (χ2v) is 2.39. The van der Waals surface area contributed by atoms with E-state index in [1.165, 1.54) is 13.2 Å². The Labute approximate surface area is 71.5 Å². The Morgan fingerprint density at radius 1 is 1.42 bits per heavy atom. The highest BCUT2D eigenvalue weighted by molar-refractivity contribution is 5.51. The van der Waals surface area contributed by atoms with Gasteiger partial charge in [0.2, 0.25) is 0 Å². The van der Waals surface area contributed by atoms with Gasteiger partial charge >= 0.3 is 0 Å². The third-order valence-electron chi connectivity index (χ3n) is 1.55. The van der Waals surface area contributed by atoms with Crippen molar-refractivity contribution in [3.05, 3.63) is 35.7 Å². The molecule has 64 valence electrons. The van der Waals surface area contributed by atoms with Crippen molar-refractivity contribution in [2.24, 2.45) is 0 Å². The monoisotopic (exact) mass is 166 g/mol. The van der Waals surface area contributed by atoms with Crippen molar-refractivity contribution in [1.29, 1.82) is 0 Å². The quantitative estimate of drug-likeness (QED) is 0.656. The molecule has 1 aromatic carbocycles. The largest absolute Gasteiger partial charge is 0.497 e. The van der Waals surface area contributed by atoms with E-state index in [2.05, 4.69) is 0 Å². The van der Waals surface area contributed by atoms with Crippen molar-refractivity contribution in [2.45, 2.75) is 6.92 Å². The van der Waals surface area contributed by atoms with Crippen LogP contribution in [-0.2, 0) is 0 Å². The molecule has 0 spiro atoms. The van der Waals surface area contributed by atoms with Crippen LogP contribution in [0.4, 0.5) is 4.39 Å². The highest BCUT2D eigenvalue weighted by Crippen LogP contribution is 2.16. The molecule has 1 nitrogen and oxygen atoms in total. The van der Waals surface area contributed by atoms with Gasteiger partial charge in [0.05, 0.1) is 7.11 Å². The summed E-state index contributed by atoms with van der Waals surface area (Å²) < 4.78 is 18.0. The molecule has 0 heterocycles. The van der Waals surface area contributed by atoms with Gasteiger partial charge in [-0.05, 0) is 19.1 Å². The van der Waals surface area contributed by atoms with Crippen molar-refractivity contribution in [2.75, 3.05) is 7.11 Å². The number of ether oxygens (including phenoxy) is 1. The minimum Gasteiger partial charge on any atom is -0.497 e. The Hall–Kier alpha value is -1.31. The number of hydrogen-bond acceptors (Lipinski definition) is 1. The van der Waals surface area contributed by atoms with Crippen LogP contribution in [0.1, 0.15) is 12.5 Å². The summed E-state index contributed by atoms with van der Waals surface area (Å²) in [6.07, 6.45) is 3.51. The molecule has 0 N–H and O–H groups in total. The minimum atomic E-state index is -0.257. The summed E-state index contributed by atoms with van der Waals surface area (Å²) in [6.45, 7) is 1.85. The third-order valence-corrected chi connectivity index (χ3v) is 1.55. The summed E-state index contributed by atoms with van der Waals surface area (Å²) in [7, 11) is 1.52. The van der Waals surface area contributed by atoms with Gasteiger partial charge in [-0.1, -0.05) is 12.2 Å². The number of methoxy groups -OCH3 is 1. The van der Waals surface area contributed by atoms with E-state index in [0.717, 1.165) is 0 Å². The molecule has 12 heavy (non-hydrogen) atoms. The van der Waals surface area contributed by atoms with Gasteiger partial charge in [0.1, 0.15) is 11.6 Å². The number of hydrogen-bond donors (Lipinski definition) is 0. The molecular weight excluding hydrogens is 155 g/mol. The van der Waals surface area contributed by atoms with Gasteiger partial charge in [0.25, 0.3) is 0 Å². The average molecular weight is 166 g/mol. The molecule has 0 bridgehead atoms. The highest BCUT2D eigenvalue weighted by atomic mass is 19.1. The summed E-state index contributed by atoms with van der Waals surface area (Å²) in [5, 5.41) is 0. The molecule has 0 aromatic heterocycles. The molecule has 0 aliphatic rings. The van der Waals surface area contributed by atoms with Crippen molar-refractivity contribution in [1.82, 2.24) is 0 Å². The van der Waals surface area contributed by atoms with E-state index >= 15 is 0 Å². The van der Waals surface area contributed by atoms with Crippen molar-refractivity contribution < 1.29 is 9.13 Å². The average Bonchev–Trinajstić information content (AvgIpc) is 2.09. The lowest BCUT2D eigenvalue weighted by molar-refractivity contribution is 0.411. The topological polar surface area (TPSA) is 9.23 Å². The van der Waals surface area contributed by atoms with Gasteiger partial charge in [0, 0.05) is 11.6 Å². The molecule has 0 radical (unpaired) electrons. The zero-order chi connectivity index (χ0) is 8.97. The first-order valence-corrected chi connectivity index (χ1v) is 3.74. The molecule has 0 saturated heterocycles. The number of allylic oxidation sites excluding steroid dienone is 1. The maximum atomic E-state index is 13.1. The van der Waals surface area contributed by atoms with E-state index in [0.29, 0.717) is 11.3 Å². The van der Waals surface area contributed by atoms with Gasteiger partial charge in [0.15, 0.2) is 0 Å². The van der Waals surface area contributed by atoms with Crippen LogP contribution in [0.15, 0.2) is 24.3 Å². The van der Waals surface area contributed by atoms with E-state index < -0.39 is 0 Å². The Bertz CT molecular complexity index is 292. The lowest BCUT2D eigenvalue weighted by Crippen LogP contribution is -1.86. The van der Waals surface area contributed by atoms with Gasteiger partial charge in [-0.25, -0.2) is 4.39 Å². The molecule has 0 fully saturated rings. The SMILES string of the molecule is C/C=C/c1ccc(OC)cc1F. The van der Waals surface area contributed by atoms with Crippen LogP contribution in [-0.4, -0.2) is 7.11 Å². The fourth-order valence-electron chi connectivity index (χ4n) is 0.950. The standard InChI is InChI=1S/C10H11FO/c1-3-4-8-5-6-9(12-2)7-10(8)11/h3-7H,1-2H3/b4-3+. The van der Waals surface area contributed by atoms with Crippen LogP contribution < -0.4 is 4.74 Å². The Balaban J connectivity index is 3.03. The first-order valence-electron chi connectivity index (χ1n) is 3.74. The predicted molar refractivity (Wildman–Crippen MR) is 47.7 cm³/mol. The summed E-state index contributed by atoms with van der Waals surface area (Å²) in [5.41, 5.74) is 0.582. The van der Waals surface area contributed by atoms with Crippen LogP contribution in [0.3, 0.4) is 0 Å². The second-order valence-electron chi connectivity index (χ2n) is 2.39. The molecule has 0 amide bonds. The first kappa shape index (κ1) is 8.78. The van der Waals surface area contributed by atoms with E-state index in [4.69, 9.17) is 4.74 Å². The van der Waals surface area contributed by atoms with Crippen molar-refractivity contribution in [3.8, 4) is 5.75 Å². The molecule has 0 aliphatic carbocycles. The first-order chi connectivity index (χ1) is 5.77. The lowest BCUT2D eigenvalue weighted by Gasteiger charge is -2.00. The predicted octanol–water partition coefficient (Wildman–Crippen LogP) is 2.87. The van der Waals surface area contributed by atoms with E-state index in [1.807, 2.05) is 6.92 Å². The van der Waals surface area contributed by atoms with Crippen LogP contribution in [0.2, 0.25) is 0 Å². The molecule has 1 aromatic rings. The van der Waals surface area contributed by atoms with Gasteiger partial charge in [-0.3, -0.25) is 0 Å². The van der Waals surface area contributed by atoms with Gasteiger partial charge < -0.3 is 4.74 Å². The summed E-state index contributed by atoms with van der Waals surface area (Å²) >= 11 is 0. The van der Waals surface area contributed by atoms with Gasteiger partial charge in [-0.2, -0.15) is 0 Å². The molecule has 0 aliphatic heterocycles. The number of halogens is 1. The van der Waals surface area contributed by atoms with Crippen LogP contribution in [0.25, 0.3) is 6.08 Å². The zero-order valence-corrected chi connectivity index (χ0v) is 7.17. The number of rotatable bonds is 2. The van der Waals surface area contributed by atoms with E-state index in [1.54, 1.807) is 24.3 Å². The van der Waals surface area contributed by atoms with E-state index in [-0.39, 0.29) is 5.82 Å². The fraction of sp³-hybridized carbons (Fsp3) is 0.200. The number of benzene rings is 1. The normalized spacial score (nSPS) is 10.6. The molecule has 0 unspecified atom stereocenters. The van der Waals surface area contributed by atoms with Crippen LogP contribution in [0.5, 0.6) is 5.75 Å². The lowest BCUT2D eigenvalue weighted by atomic mass is 10.2. The summed E-state index contributed by atoms with van der Waals surface area (Å²) in [4.78, 5) is 0. The smallest absolute Gasteiger partial charge is 0.134 e. The van der Waals surface area contributed by atoms with E-state index in [9.17, 15) is 4.39 Å². The fourth-order valence-corrected chi connectivity index (χ4v) is 0.950. The third kappa shape index (κ3) is 1.84. The molecule has 0 atom stereocenters.